The second-order valence-electron chi connectivity index (χ2n) is 4.93. The van der Waals surface area contributed by atoms with E-state index in [1.165, 1.54) is 0 Å². The lowest BCUT2D eigenvalue weighted by Crippen LogP contribution is -2.29. The fourth-order valence-corrected chi connectivity index (χ4v) is 2.14. The molecule has 0 aliphatic rings. The maximum absolute atomic E-state index is 6.19. The Balaban J connectivity index is 2.05. The van der Waals surface area contributed by atoms with Gasteiger partial charge >= 0.3 is 0 Å². The summed E-state index contributed by atoms with van der Waals surface area (Å²) in [6, 6.07) is 11.7. The fourth-order valence-electron chi connectivity index (χ4n) is 2.14. The summed E-state index contributed by atoms with van der Waals surface area (Å²) in [5.74, 6) is 0.842. The molecule has 21 heavy (non-hydrogen) atoms. The van der Waals surface area contributed by atoms with Crippen molar-refractivity contribution in [3.8, 4) is 5.75 Å². The largest absolute Gasteiger partial charge is 0.497 e. The number of methoxy groups -OCH3 is 1. The number of benzene rings is 1. The third-order valence-corrected chi connectivity index (χ3v) is 3.48. The Morgan fingerprint density at radius 3 is 2.33 bits per heavy atom. The van der Waals surface area contributed by atoms with Crippen LogP contribution in [0.3, 0.4) is 0 Å². The van der Waals surface area contributed by atoms with Crippen LogP contribution in [0.1, 0.15) is 30.6 Å². The quantitative estimate of drug-likeness (QED) is 0.849. The van der Waals surface area contributed by atoms with Crippen molar-refractivity contribution in [3.63, 3.8) is 0 Å². The van der Waals surface area contributed by atoms with Crippen LogP contribution in [0.4, 0.5) is 0 Å². The molecule has 0 aliphatic heterocycles. The molecular formula is C17H22N2O2. The van der Waals surface area contributed by atoms with Crippen LogP contribution in [-0.2, 0) is 11.3 Å². The van der Waals surface area contributed by atoms with Gasteiger partial charge in [-0.2, -0.15) is 0 Å². The zero-order valence-corrected chi connectivity index (χ0v) is 12.5. The molecule has 1 aromatic carbocycles. The molecule has 4 heteroatoms. The van der Waals surface area contributed by atoms with Gasteiger partial charge in [0.1, 0.15) is 5.75 Å². The summed E-state index contributed by atoms with van der Waals surface area (Å²) in [6.45, 7) is 2.58. The van der Waals surface area contributed by atoms with Crippen molar-refractivity contribution in [1.82, 2.24) is 4.98 Å². The van der Waals surface area contributed by atoms with Crippen LogP contribution in [0.25, 0.3) is 0 Å². The summed E-state index contributed by atoms with van der Waals surface area (Å²) in [4.78, 5) is 4.04. The van der Waals surface area contributed by atoms with Crippen LogP contribution in [0.2, 0.25) is 0 Å². The molecule has 2 aromatic rings. The first-order valence-corrected chi connectivity index (χ1v) is 7.14. The van der Waals surface area contributed by atoms with E-state index in [9.17, 15) is 0 Å². The fraction of sp³-hybridized carbons (Fsp3) is 0.353. The van der Waals surface area contributed by atoms with Gasteiger partial charge in [0, 0.05) is 18.4 Å². The monoisotopic (exact) mass is 286 g/mol. The smallest absolute Gasteiger partial charge is 0.118 e. The van der Waals surface area contributed by atoms with Gasteiger partial charge in [-0.1, -0.05) is 19.1 Å². The van der Waals surface area contributed by atoms with E-state index in [2.05, 4.69) is 11.9 Å². The second kappa shape index (κ2) is 7.76. The molecule has 4 nitrogen and oxygen atoms in total. The first-order chi connectivity index (χ1) is 10.2. The summed E-state index contributed by atoms with van der Waals surface area (Å²) in [5.41, 5.74) is 8.35. The van der Waals surface area contributed by atoms with Crippen LogP contribution in [-0.4, -0.2) is 18.1 Å². The third-order valence-electron chi connectivity index (χ3n) is 3.48. The lowest BCUT2D eigenvalue weighted by atomic mass is 10.0. The molecule has 0 spiro atoms. The Labute approximate surface area is 125 Å². The molecule has 2 N–H and O–H groups in total. The number of rotatable bonds is 7. The van der Waals surface area contributed by atoms with Gasteiger partial charge < -0.3 is 15.2 Å². The van der Waals surface area contributed by atoms with E-state index in [-0.39, 0.29) is 12.1 Å². The highest BCUT2D eigenvalue weighted by Gasteiger charge is 2.19. The molecule has 2 atom stereocenters. The van der Waals surface area contributed by atoms with E-state index in [1.54, 1.807) is 19.5 Å². The molecule has 0 radical (unpaired) electrons. The van der Waals surface area contributed by atoms with Gasteiger partial charge in [0.25, 0.3) is 0 Å². The first-order valence-electron chi connectivity index (χ1n) is 7.14. The zero-order valence-electron chi connectivity index (χ0n) is 12.5. The van der Waals surface area contributed by atoms with Crippen LogP contribution in [0, 0.1) is 0 Å². The minimum Gasteiger partial charge on any atom is -0.497 e. The predicted molar refractivity (Wildman–Crippen MR) is 83.0 cm³/mol. The van der Waals surface area contributed by atoms with Gasteiger partial charge in [-0.05, 0) is 41.8 Å². The summed E-state index contributed by atoms with van der Waals surface area (Å²) in [6.07, 6.45) is 4.26. The Bertz CT molecular complexity index is 528. The molecule has 1 aromatic heterocycles. The maximum Gasteiger partial charge on any atom is 0.118 e. The van der Waals surface area contributed by atoms with Crippen molar-refractivity contribution in [1.29, 1.82) is 0 Å². The highest BCUT2D eigenvalue weighted by Crippen LogP contribution is 2.23. The van der Waals surface area contributed by atoms with Crippen molar-refractivity contribution in [2.24, 2.45) is 5.73 Å². The van der Waals surface area contributed by atoms with Crippen molar-refractivity contribution >= 4 is 0 Å². The van der Waals surface area contributed by atoms with Crippen LogP contribution in [0.5, 0.6) is 5.75 Å². The molecule has 112 valence electrons. The van der Waals surface area contributed by atoms with Gasteiger partial charge in [-0.3, -0.25) is 4.98 Å². The molecule has 0 amide bonds. The summed E-state index contributed by atoms with van der Waals surface area (Å²) >= 11 is 0. The van der Waals surface area contributed by atoms with Crippen molar-refractivity contribution < 1.29 is 9.47 Å². The first kappa shape index (κ1) is 15.5. The standard InChI is InChI=1S/C17H22N2O2/c1-3-16(18)17(14-8-10-19-11-9-14)21-12-13-4-6-15(20-2)7-5-13/h4-11,16-17H,3,12,18H2,1-2H3. The number of aromatic nitrogens is 1. The zero-order chi connectivity index (χ0) is 15.1. The lowest BCUT2D eigenvalue weighted by molar-refractivity contribution is 0.0212. The molecule has 2 unspecified atom stereocenters. The SMILES string of the molecule is CCC(N)C(OCc1ccc(OC)cc1)c1ccncc1. The van der Waals surface area contributed by atoms with E-state index in [0.717, 1.165) is 23.3 Å². The normalized spacial score (nSPS) is 13.7. The maximum atomic E-state index is 6.19. The number of pyridine rings is 1. The molecule has 2 rings (SSSR count). The number of nitrogens with two attached hydrogens (primary N) is 1. The van der Waals surface area contributed by atoms with Gasteiger partial charge in [0.05, 0.1) is 19.8 Å². The Morgan fingerprint density at radius 1 is 1.10 bits per heavy atom. The van der Waals surface area contributed by atoms with Gasteiger partial charge in [-0.25, -0.2) is 0 Å². The molecule has 1 heterocycles. The van der Waals surface area contributed by atoms with Crippen LogP contribution in [0.15, 0.2) is 48.8 Å². The summed E-state index contributed by atoms with van der Waals surface area (Å²) < 4.78 is 11.2. The van der Waals surface area contributed by atoms with Crippen molar-refractivity contribution in [2.45, 2.75) is 32.1 Å². The van der Waals surface area contributed by atoms with E-state index >= 15 is 0 Å². The number of hydrogen-bond acceptors (Lipinski definition) is 4. The minimum absolute atomic E-state index is 0.0364. The Kier molecular flexibility index (Phi) is 5.72. The van der Waals surface area contributed by atoms with E-state index in [0.29, 0.717) is 6.61 Å². The summed E-state index contributed by atoms with van der Waals surface area (Å²) in [7, 11) is 1.66. The van der Waals surface area contributed by atoms with Crippen molar-refractivity contribution in [2.75, 3.05) is 7.11 Å². The minimum atomic E-state index is -0.125. The van der Waals surface area contributed by atoms with E-state index < -0.39 is 0 Å². The van der Waals surface area contributed by atoms with Gasteiger partial charge in [-0.15, -0.1) is 0 Å². The topological polar surface area (TPSA) is 57.4 Å². The highest BCUT2D eigenvalue weighted by molar-refractivity contribution is 5.26. The Hall–Kier alpha value is -1.91. The average Bonchev–Trinajstić information content (AvgIpc) is 2.56. The lowest BCUT2D eigenvalue weighted by Gasteiger charge is -2.23. The molecule has 0 fully saturated rings. The number of nitrogens with zero attached hydrogens (tertiary/aromatic N) is 1. The predicted octanol–water partition coefficient (Wildman–Crippen LogP) is 3.09. The van der Waals surface area contributed by atoms with Crippen molar-refractivity contribution in [3.05, 3.63) is 59.9 Å². The number of hydrogen-bond donors (Lipinski definition) is 1. The molecule has 0 saturated carbocycles. The van der Waals surface area contributed by atoms with E-state index in [4.69, 9.17) is 15.2 Å². The van der Waals surface area contributed by atoms with E-state index in [1.807, 2.05) is 36.4 Å². The number of ether oxygens (including phenoxy) is 2. The second-order valence-corrected chi connectivity index (χ2v) is 4.93. The highest BCUT2D eigenvalue weighted by atomic mass is 16.5. The average molecular weight is 286 g/mol. The molecule has 0 bridgehead atoms. The van der Waals surface area contributed by atoms with Gasteiger partial charge in [0.15, 0.2) is 0 Å². The third kappa shape index (κ3) is 4.28. The summed E-state index contributed by atoms with van der Waals surface area (Å²) in [5, 5.41) is 0. The van der Waals surface area contributed by atoms with Crippen LogP contribution >= 0.6 is 0 Å². The molecule has 0 saturated heterocycles. The Morgan fingerprint density at radius 2 is 1.76 bits per heavy atom. The molecule has 0 aliphatic carbocycles. The molecular weight excluding hydrogens is 264 g/mol. The van der Waals surface area contributed by atoms with Gasteiger partial charge in [0.2, 0.25) is 0 Å². The van der Waals surface area contributed by atoms with Crippen LogP contribution < -0.4 is 10.5 Å².